The van der Waals surface area contributed by atoms with Gasteiger partial charge in [0.05, 0.1) is 12.0 Å². The number of anilines is 1. The maximum atomic E-state index is 12.5. The van der Waals surface area contributed by atoms with Crippen molar-refractivity contribution >= 4 is 38.3 Å². The van der Waals surface area contributed by atoms with Gasteiger partial charge in [-0.2, -0.15) is 0 Å². The van der Waals surface area contributed by atoms with Gasteiger partial charge >= 0.3 is 0 Å². The summed E-state index contributed by atoms with van der Waals surface area (Å²) in [5.74, 6) is 2.13. The van der Waals surface area contributed by atoms with Crippen molar-refractivity contribution in [2.24, 2.45) is 5.92 Å². The number of thioether (sulfide) groups is 1. The number of benzene rings is 1. The third-order valence-corrected chi connectivity index (χ3v) is 6.98. The fourth-order valence-corrected chi connectivity index (χ4v) is 4.93. The lowest BCUT2D eigenvalue weighted by Gasteiger charge is -2.10. The molecule has 0 atom stereocenters. The molecule has 0 aliphatic heterocycles. The first-order chi connectivity index (χ1) is 11.4. The molecule has 0 radical (unpaired) electrons. The average molecular weight is 388 g/mol. The minimum Gasteiger partial charge on any atom is -0.496 e. The minimum atomic E-state index is -3.70. The standard InChI is InChI=1S/C15H21N3O3S3/c1-5-11-8-12(6-7-13(11)21-4)24(19,20)18-14-16-17-15(23-14)22-9-10(2)3/h6-8,10H,5,9H2,1-4H3,(H,16,18). The molecule has 0 aliphatic carbocycles. The Labute approximate surface area is 151 Å². The van der Waals surface area contributed by atoms with Crippen molar-refractivity contribution in [3.05, 3.63) is 23.8 Å². The van der Waals surface area contributed by atoms with E-state index in [4.69, 9.17) is 4.74 Å². The summed E-state index contributed by atoms with van der Waals surface area (Å²) in [6.07, 6.45) is 0.682. The third kappa shape index (κ3) is 4.84. The first kappa shape index (κ1) is 19.0. The van der Waals surface area contributed by atoms with E-state index in [1.54, 1.807) is 31.0 Å². The largest absolute Gasteiger partial charge is 0.496 e. The van der Waals surface area contributed by atoms with Gasteiger partial charge in [-0.25, -0.2) is 8.42 Å². The van der Waals surface area contributed by atoms with Gasteiger partial charge in [-0.1, -0.05) is 43.9 Å². The van der Waals surface area contributed by atoms with Crippen LogP contribution in [0.3, 0.4) is 0 Å². The van der Waals surface area contributed by atoms with E-state index >= 15 is 0 Å². The first-order valence-electron chi connectivity index (χ1n) is 7.51. The van der Waals surface area contributed by atoms with Crippen molar-refractivity contribution < 1.29 is 13.2 Å². The molecule has 0 bridgehead atoms. The van der Waals surface area contributed by atoms with Crippen LogP contribution in [0.2, 0.25) is 0 Å². The lowest BCUT2D eigenvalue weighted by molar-refractivity contribution is 0.409. The molecule has 0 amide bonds. The lowest BCUT2D eigenvalue weighted by atomic mass is 10.1. The highest BCUT2D eigenvalue weighted by molar-refractivity contribution is 8.01. The second kappa shape index (κ2) is 8.17. The van der Waals surface area contributed by atoms with E-state index in [1.807, 2.05) is 6.92 Å². The molecule has 24 heavy (non-hydrogen) atoms. The molecule has 0 aliphatic rings. The number of aryl methyl sites for hydroxylation is 1. The van der Waals surface area contributed by atoms with Gasteiger partial charge in [-0.15, -0.1) is 10.2 Å². The molecule has 1 aromatic heterocycles. The summed E-state index contributed by atoms with van der Waals surface area (Å²) >= 11 is 2.82. The molecule has 132 valence electrons. The highest BCUT2D eigenvalue weighted by Crippen LogP contribution is 2.29. The first-order valence-corrected chi connectivity index (χ1v) is 10.8. The number of hydrogen-bond donors (Lipinski definition) is 1. The van der Waals surface area contributed by atoms with Crippen LogP contribution in [0.4, 0.5) is 5.13 Å². The van der Waals surface area contributed by atoms with Crippen molar-refractivity contribution in [1.82, 2.24) is 10.2 Å². The number of nitrogens with zero attached hydrogens (tertiary/aromatic N) is 2. The van der Waals surface area contributed by atoms with E-state index in [0.717, 1.165) is 15.7 Å². The maximum Gasteiger partial charge on any atom is 0.263 e. The average Bonchev–Trinajstić information content (AvgIpc) is 2.98. The van der Waals surface area contributed by atoms with Crippen molar-refractivity contribution in [3.8, 4) is 5.75 Å². The molecule has 0 fully saturated rings. The zero-order chi connectivity index (χ0) is 17.7. The Morgan fingerprint density at radius 1 is 1.33 bits per heavy atom. The quantitative estimate of drug-likeness (QED) is 0.696. The zero-order valence-corrected chi connectivity index (χ0v) is 16.5. The van der Waals surface area contributed by atoms with E-state index in [2.05, 4.69) is 28.8 Å². The molecule has 2 rings (SSSR count). The monoisotopic (exact) mass is 387 g/mol. The molecule has 2 aromatic rings. The number of methoxy groups -OCH3 is 1. The van der Waals surface area contributed by atoms with Gasteiger partial charge in [-0.3, -0.25) is 4.72 Å². The van der Waals surface area contributed by atoms with Gasteiger partial charge in [0.25, 0.3) is 10.0 Å². The molecule has 0 unspecified atom stereocenters. The van der Waals surface area contributed by atoms with Crippen molar-refractivity contribution in [3.63, 3.8) is 0 Å². The molecule has 0 spiro atoms. The Kier molecular flexibility index (Phi) is 6.47. The van der Waals surface area contributed by atoms with Crippen LogP contribution in [-0.4, -0.2) is 31.5 Å². The fraction of sp³-hybridized carbons (Fsp3) is 0.467. The number of sulfonamides is 1. The van der Waals surface area contributed by atoms with E-state index in [9.17, 15) is 8.42 Å². The van der Waals surface area contributed by atoms with Gasteiger partial charge in [0.15, 0.2) is 4.34 Å². The van der Waals surface area contributed by atoms with Crippen LogP contribution in [0.25, 0.3) is 0 Å². The Morgan fingerprint density at radius 3 is 2.71 bits per heavy atom. The van der Waals surface area contributed by atoms with E-state index in [0.29, 0.717) is 18.1 Å². The summed E-state index contributed by atoms with van der Waals surface area (Å²) < 4.78 is 33.5. The summed E-state index contributed by atoms with van der Waals surface area (Å²) in [4.78, 5) is 0.187. The predicted octanol–water partition coefficient (Wildman–Crippen LogP) is 3.66. The Bertz CT molecular complexity index is 788. The van der Waals surface area contributed by atoms with E-state index in [-0.39, 0.29) is 10.0 Å². The molecule has 0 saturated carbocycles. The molecule has 1 heterocycles. The van der Waals surface area contributed by atoms with Crippen LogP contribution in [0, 0.1) is 5.92 Å². The molecular formula is C15H21N3O3S3. The molecule has 6 nitrogen and oxygen atoms in total. The second-order valence-corrected chi connectivity index (χ2v) is 9.44. The van der Waals surface area contributed by atoms with Crippen LogP contribution < -0.4 is 9.46 Å². The summed E-state index contributed by atoms with van der Waals surface area (Å²) in [7, 11) is -2.13. The van der Waals surface area contributed by atoms with Gasteiger partial charge in [0, 0.05) is 5.75 Å². The Hall–Kier alpha value is -1.32. The van der Waals surface area contributed by atoms with Crippen LogP contribution in [0.1, 0.15) is 26.3 Å². The SMILES string of the molecule is CCc1cc(S(=O)(=O)Nc2nnc(SCC(C)C)s2)ccc1OC. The lowest BCUT2D eigenvalue weighted by Crippen LogP contribution is -2.13. The number of ether oxygens (including phenoxy) is 1. The normalized spacial score (nSPS) is 11.7. The van der Waals surface area contributed by atoms with Crippen LogP contribution in [-0.2, 0) is 16.4 Å². The number of hydrogen-bond acceptors (Lipinski definition) is 7. The van der Waals surface area contributed by atoms with Crippen LogP contribution in [0.15, 0.2) is 27.4 Å². The van der Waals surface area contributed by atoms with Gasteiger partial charge in [-0.05, 0) is 36.1 Å². The Morgan fingerprint density at radius 2 is 2.08 bits per heavy atom. The highest BCUT2D eigenvalue weighted by Gasteiger charge is 2.18. The topological polar surface area (TPSA) is 81.2 Å². The summed E-state index contributed by atoms with van der Waals surface area (Å²) in [6, 6.07) is 4.81. The van der Waals surface area contributed by atoms with Gasteiger partial charge in [0.2, 0.25) is 5.13 Å². The minimum absolute atomic E-state index is 0.187. The molecule has 0 saturated heterocycles. The molecule has 9 heteroatoms. The number of aromatic nitrogens is 2. The maximum absolute atomic E-state index is 12.5. The second-order valence-electron chi connectivity index (χ2n) is 5.51. The smallest absolute Gasteiger partial charge is 0.263 e. The number of nitrogens with one attached hydrogen (secondary N) is 1. The number of rotatable bonds is 8. The predicted molar refractivity (Wildman–Crippen MR) is 98.7 cm³/mol. The molecular weight excluding hydrogens is 366 g/mol. The van der Waals surface area contributed by atoms with Crippen LogP contribution in [0.5, 0.6) is 5.75 Å². The Balaban J connectivity index is 2.16. The van der Waals surface area contributed by atoms with Crippen molar-refractivity contribution in [1.29, 1.82) is 0 Å². The van der Waals surface area contributed by atoms with E-state index < -0.39 is 10.0 Å². The van der Waals surface area contributed by atoms with Crippen molar-refractivity contribution in [2.75, 3.05) is 17.6 Å². The summed E-state index contributed by atoms with van der Waals surface area (Å²) in [5, 5.41) is 8.20. The van der Waals surface area contributed by atoms with Crippen molar-refractivity contribution in [2.45, 2.75) is 36.4 Å². The van der Waals surface area contributed by atoms with Gasteiger partial charge < -0.3 is 4.74 Å². The fourth-order valence-electron chi connectivity index (χ4n) is 1.92. The molecule has 1 N–H and O–H groups in total. The van der Waals surface area contributed by atoms with Crippen LogP contribution >= 0.6 is 23.1 Å². The summed E-state index contributed by atoms with van der Waals surface area (Å²) in [6.45, 7) is 6.18. The van der Waals surface area contributed by atoms with Gasteiger partial charge in [0.1, 0.15) is 5.75 Å². The highest BCUT2D eigenvalue weighted by atomic mass is 32.2. The summed E-state index contributed by atoms with van der Waals surface area (Å²) in [5.41, 5.74) is 0.839. The molecule has 1 aromatic carbocycles. The third-order valence-electron chi connectivity index (χ3n) is 3.11. The zero-order valence-electron chi connectivity index (χ0n) is 14.1. The van der Waals surface area contributed by atoms with E-state index in [1.165, 1.54) is 17.4 Å².